The van der Waals surface area contributed by atoms with E-state index >= 15 is 0 Å². The molecule has 0 radical (unpaired) electrons. The van der Waals surface area contributed by atoms with Crippen molar-refractivity contribution >= 4 is 40.4 Å². The first-order valence-electron chi connectivity index (χ1n) is 11.3. The van der Waals surface area contributed by atoms with E-state index in [1.807, 2.05) is 96.8 Å². The third-order valence-corrected chi connectivity index (χ3v) is 6.00. The van der Waals surface area contributed by atoms with Crippen LogP contribution in [0.5, 0.6) is 5.75 Å². The highest BCUT2D eigenvalue weighted by Crippen LogP contribution is 2.39. The van der Waals surface area contributed by atoms with E-state index in [9.17, 15) is 4.79 Å². The monoisotopic (exact) mass is 473 g/mol. The molecule has 34 heavy (non-hydrogen) atoms. The summed E-state index contributed by atoms with van der Waals surface area (Å²) in [5.74, 6) is 0.811. The number of benzene rings is 2. The Hall–Kier alpha value is -3.57. The summed E-state index contributed by atoms with van der Waals surface area (Å²) in [5.41, 5.74) is 5.17. The molecular weight excluding hydrogens is 446 g/mol. The molecule has 1 atom stereocenters. The molecule has 0 aliphatic carbocycles. The molecule has 0 saturated carbocycles. The number of anilines is 2. The van der Waals surface area contributed by atoms with Crippen LogP contribution in [-0.2, 0) is 4.79 Å². The number of pyridine rings is 1. The SMILES string of the molecule is CCCOc1ccc(N2C=C(c3ccccn3)C=C(c3ccccc3Cl)C2C=O)cc1N(C)C. The van der Waals surface area contributed by atoms with Gasteiger partial charge in [0.25, 0.3) is 0 Å². The molecule has 0 bridgehead atoms. The van der Waals surface area contributed by atoms with Gasteiger partial charge in [0.1, 0.15) is 18.1 Å². The summed E-state index contributed by atoms with van der Waals surface area (Å²) in [5, 5.41) is 0.597. The number of carbonyl (C=O) groups is 1. The van der Waals surface area contributed by atoms with Gasteiger partial charge in [-0.1, -0.05) is 42.8 Å². The van der Waals surface area contributed by atoms with Gasteiger partial charge in [0.2, 0.25) is 0 Å². The van der Waals surface area contributed by atoms with Crippen LogP contribution in [0.25, 0.3) is 11.1 Å². The largest absolute Gasteiger partial charge is 0.491 e. The Bertz CT molecular complexity index is 1220. The van der Waals surface area contributed by atoms with Crippen molar-refractivity contribution < 1.29 is 9.53 Å². The molecule has 0 N–H and O–H groups in total. The van der Waals surface area contributed by atoms with Crippen LogP contribution in [0.2, 0.25) is 5.02 Å². The lowest BCUT2D eigenvalue weighted by atomic mass is 9.91. The Morgan fingerprint density at radius 3 is 2.59 bits per heavy atom. The summed E-state index contributed by atoms with van der Waals surface area (Å²) < 4.78 is 5.96. The first-order chi connectivity index (χ1) is 16.5. The molecule has 0 fully saturated rings. The molecule has 0 saturated heterocycles. The summed E-state index contributed by atoms with van der Waals surface area (Å²) in [7, 11) is 3.96. The quantitative estimate of drug-likeness (QED) is 0.370. The lowest BCUT2D eigenvalue weighted by molar-refractivity contribution is -0.107. The summed E-state index contributed by atoms with van der Waals surface area (Å²) in [6.45, 7) is 2.72. The molecule has 5 nitrogen and oxygen atoms in total. The van der Waals surface area contributed by atoms with E-state index < -0.39 is 6.04 Å². The van der Waals surface area contributed by atoms with Gasteiger partial charge in [-0.05, 0) is 60.0 Å². The van der Waals surface area contributed by atoms with E-state index in [1.165, 1.54) is 0 Å². The minimum Gasteiger partial charge on any atom is -0.491 e. The number of aldehydes is 1. The molecule has 1 aliphatic rings. The van der Waals surface area contributed by atoms with Gasteiger partial charge in [-0.2, -0.15) is 0 Å². The van der Waals surface area contributed by atoms with Crippen LogP contribution < -0.4 is 14.5 Å². The van der Waals surface area contributed by atoms with Crippen molar-refractivity contribution in [3.8, 4) is 5.75 Å². The zero-order valence-corrected chi connectivity index (χ0v) is 20.4. The van der Waals surface area contributed by atoms with E-state index in [-0.39, 0.29) is 0 Å². The van der Waals surface area contributed by atoms with Crippen molar-refractivity contribution in [3.05, 3.63) is 95.4 Å². The molecule has 1 unspecified atom stereocenters. The van der Waals surface area contributed by atoms with Crippen LogP contribution in [0, 0.1) is 0 Å². The Labute approximate surface area is 205 Å². The minimum absolute atomic E-state index is 0.551. The van der Waals surface area contributed by atoms with Gasteiger partial charge < -0.3 is 19.3 Å². The molecule has 2 heterocycles. The van der Waals surface area contributed by atoms with Crippen molar-refractivity contribution in [1.82, 2.24) is 4.98 Å². The normalized spacial score (nSPS) is 15.4. The number of allylic oxidation sites excluding steroid dienone is 2. The Morgan fingerprint density at radius 2 is 1.91 bits per heavy atom. The lowest BCUT2D eigenvalue weighted by Gasteiger charge is -2.34. The molecule has 0 spiro atoms. The molecule has 4 rings (SSSR count). The van der Waals surface area contributed by atoms with Crippen molar-refractivity contribution in [2.24, 2.45) is 0 Å². The van der Waals surface area contributed by atoms with E-state index in [1.54, 1.807) is 6.20 Å². The highest BCUT2D eigenvalue weighted by Gasteiger charge is 2.29. The van der Waals surface area contributed by atoms with Crippen molar-refractivity contribution in [2.75, 3.05) is 30.5 Å². The number of hydrogen-bond donors (Lipinski definition) is 0. The molecule has 6 heteroatoms. The standard InChI is InChI=1S/C28H28ClN3O2/c1-4-15-34-28-13-12-21(17-26(28)31(2)3)32-18-20(25-11-7-8-14-30-25)16-23(27(32)19-33)22-9-5-6-10-24(22)29/h5-14,16-19,27H,4,15H2,1-3H3. The fourth-order valence-corrected chi connectivity index (χ4v) is 4.24. The van der Waals surface area contributed by atoms with Crippen LogP contribution in [0.4, 0.5) is 11.4 Å². The number of aromatic nitrogens is 1. The maximum Gasteiger partial charge on any atom is 0.147 e. The lowest BCUT2D eigenvalue weighted by Crippen LogP contribution is -2.36. The summed E-state index contributed by atoms with van der Waals surface area (Å²) in [4.78, 5) is 21.0. The van der Waals surface area contributed by atoms with E-state index in [2.05, 4.69) is 11.9 Å². The highest BCUT2D eigenvalue weighted by molar-refractivity contribution is 6.32. The molecule has 3 aromatic rings. The fourth-order valence-electron chi connectivity index (χ4n) is 4.00. The van der Waals surface area contributed by atoms with Crippen LogP contribution >= 0.6 is 11.6 Å². The zero-order valence-electron chi connectivity index (χ0n) is 19.6. The third kappa shape index (κ3) is 4.85. The second kappa shape index (κ2) is 10.6. The Morgan fingerprint density at radius 1 is 1.12 bits per heavy atom. The summed E-state index contributed by atoms with van der Waals surface area (Å²) in [6, 6.07) is 18.8. The van der Waals surface area contributed by atoms with Crippen LogP contribution in [-0.4, -0.2) is 38.0 Å². The number of rotatable bonds is 8. The molecule has 1 aliphatic heterocycles. The van der Waals surface area contributed by atoms with E-state index in [0.29, 0.717) is 11.6 Å². The number of halogens is 1. The molecule has 0 amide bonds. The fraction of sp³-hybridized carbons (Fsp3) is 0.214. The maximum atomic E-state index is 12.5. The maximum absolute atomic E-state index is 12.5. The summed E-state index contributed by atoms with van der Waals surface area (Å²) >= 11 is 6.57. The van der Waals surface area contributed by atoms with E-state index in [4.69, 9.17) is 16.3 Å². The van der Waals surface area contributed by atoms with E-state index in [0.717, 1.165) is 52.2 Å². The number of hydrogen-bond acceptors (Lipinski definition) is 5. The number of carbonyl (C=O) groups excluding carboxylic acids is 1. The Balaban J connectivity index is 1.86. The van der Waals surface area contributed by atoms with Gasteiger partial charge in [-0.15, -0.1) is 0 Å². The average molecular weight is 474 g/mol. The summed E-state index contributed by atoms with van der Waals surface area (Å²) in [6.07, 6.45) is 7.63. The average Bonchev–Trinajstić information content (AvgIpc) is 2.87. The second-order valence-electron chi connectivity index (χ2n) is 8.26. The second-order valence-corrected chi connectivity index (χ2v) is 8.67. The predicted octanol–water partition coefficient (Wildman–Crippen LogP) is 6.10. The van der Waals surface area contributed by atoms with Gasteiger partial charge in [-0.3, -0.25) is 4.98 Å². The first-order valence-corrected chi connectivity index (χ1v) is 11.7. The topological polar surface area (TPSA) is 45.7 Å². The van der Waals surface area contributed by atoms with Crippen LogP contribution in [0.1, 0.15) is 24.6 Å². The number of ether oxygens (including phenoxy) is 1. The van der Waals surface area contributed by atoms with Gasteiger partial charge in [0.05, 0.1) is 18.0 Å². The van der Waals surface area contributed by atoms with Crippen LogP contribution in [0.15, 0.2) is 79.1 Å². The smallest absolute Gasteiger partial charge is 0.147 e. The predicted molar refractivity (Wildman–Crippen MR) is 141 cm³/mol. The van der Waals surface area contributed by atoms with Gasteiger partial charge in [-0.25, -0.2) is 0 Å². The van der Waals surface area contributed by atoms with Crippen molar-refractivity contribution in [1.29, 1.82) is 0 Å². The van der Waals surface area contributed by atoms with Gasteiger partial charge in [0, 0.05) is 42.8 Å². The van der Waals surface area contributed by atoms with Crippen LogP contribution in [0.3, 0.4) is 0 Å². The zero-order chi connectivity index (χ0) is 24.1. The third-order valence-electron chi connectivity index (χ3n) is 5.67. The highest BCUT2D eigenvalue weighted by atomic mass is 35.5. The minimum atomic E-state index is -0.551. The molecule has 2 aromatic carbocycles. The number of nitrogens with zero attached hydrogens (tertiary/aromatic N) is 3. The van der Waals surface area contributed by atoms with Gasteiger partial charge in [0.15, 0.2) is 0 Å². The van der Waals surface area contributed by atoms with Gasteiger partial charge >= 0.3 is 0 Å². The van der Waals surface area contributed by atoms with Crippen molar-refractivity contribution in [3.63, 3.8) is 0 Å². The van der Waals surface area contributed by atoms with Crippen molar-refractivity contribution in [2.45, 2.75) is 19.4 Å². The Kier molecular flexibility index (Phi) is 7.33. The molecule has 174 valence electrons. The molecular formula is C28H28ClN3O2. The first kappa shape index (κ1) is 23.6. The molecule has 1 aromatic heterocycles.